The minimum atomic E-state index is -0.377. The van der Waals surface area contributed by atoms with E-state index in [1.807, 2.05) is 0 Å². The summed E-state index contributed by atoms with van der Waals surface area (Å²) in [6.45, 7) is 0. The second-order valence-corrected chi connectivity index (χ2v) is 13.1. The van der Waals surface area contributed by atoms with Crippen molar-refractivity contribution in [1.29, 1.82) is 0 Å². The molecule has 0 heterocycles. The van der Waals surface area contributed by atoms with E-state index in [1.54, 1.807) is 0 Å². The van der Waals surface area contributed by atoms with Crippen molar-refractivity contribution >= 4 is 43.1 Å². The zero-order chi connectivity index (χ0) is 30.7. The molecular weight excluding hydrogens is 565 g/mol. The zero-order valence-corrected chi connectivity index (χ0v) is 25.7. The maximum Gasteiger partial charge on any atom is 0.0725 e. The molecule has 2 aliphatic rings. The average molecular weight is 593 g/mol. The highest BCUT2D eigenvalue weighted by atomic mass is 14.5. The van der Waals surface area contributed by atoms with Crippen molar-refractivity contribution in [2.45, 2.75) is 5.41 Å². The first-order chi connectivity index (χ1) is 23.3. The molecule has 0 heteroatoms. The molecule has 0 saturated heterocycles. The highest BCUT2D eigenvalue weighted by Crippen LogP contribution is 2.64. The number of hydrogen-bond donors (Lipinski definition) is 0. The van der Waals surface area contributed by atoms with Crippen LogP contribution in [0, 0.1) is 0 Å². The molecule has 9 aromatic rings. The van der Waals surface area contributed by atoms with E-state index >= 15 is 0 Å². The lowest BCUT2D eigenvalue weighted by Crippen LogP contribution is -2.25. The summed E-state index contributed by atoms with van der Waals surface area (Å²) in [4.78, 5) is 0. The van der Waals surface area contributed by atoms with Gasteiger partial charge in [0.1, 0.15) is 0 Å². The molecule has 0 amide bonds. The van der Waals surface area contributed by atoms with Crippen molar-refractivity contribution < 1.29 is 0 Å². The molecule has 0 atom stereocenters. The smallest absolute Gasteiger partial charge is 0.0619 e. The molecule has 0 aromatic heterocycles. The Balaban J connectivity index is 1.29. The molecule has 0 saturated carbocycles. The Morgan fingerprint density at radius 2 is 0.681 bits per heavy atom. The summed E-state index contributed by atoms with van der Waals surface area (Å²) in [5.41, 5.74) is 13.1. The summed E-state index contributed by atoms with van der Waals surface area (Å²) in [6.07, 6.45) is 0. The van der Waals surface area contributed by atoms with Crippen LogP contribution in [0.15, 0.2) is 170 Å². The Kier molecular flexibility index (Phi) is 4.86. The Labute approximate surface area is 273 Å². The van der Waals surface area contributed by atoms with Crippen LogP contribution in [0.5, 0.6) is 0 Å². The second kappa shape index (κ2) is 9.06. The van der Waals surface area contributed by atoms with Crippen LogP contribution in [0.25, 0.3) is 76.5 Å². The molecule has 0 aliphatic heterocycles. The summed E-state index contributed by atoms with van der Waals surface area (Å²) in [6, 6.07) is 63.8. The van der Waals surface area contributed by atoms with Crippen LogP contribution in [-0.4, -0.2) is 0 Å². The third-order valence-corrected chi connectivity index (χ3v) is 11.1. The van der Waals surface area contributed by atoms with Crippen molar-refractivity contribution in [3.63, 3.8) is 0 Å². The number of rotatable bonds is 1. The molecule has 0 nitrogen and oxygen atoms in total. The molecule has 11 rings (SSSR count). The topological polar surface area (TPSA) is 0 Å². The highest BCUT2D eigenvalue weighted by Gasteiger charge is 2.52. The van der Waals surface area contributed by atoms with E-state index in [9.17, 15) is 0 Å². The summed E-state index contributed by atoms with van der Waals surface area (Å²) < 4.78 is 0. The van der Waals surface area contributed by atoms with Gasteiger partial charge in [-0.2, -0.15) is 0 Å². The van der Waals surface area contributed by atoms with Gasteiger partial charge >= 0.3 is 0 Å². The molecule has 1 spiro atoms. The van der Waals surface area contributed by atoms with E-state index in [2.05, 4.69) is 170 Å². The van der Waals surface area contributed by atoms with Gasteiger partial charge < -0.3 is 0 Å². The molecule has 0 radical (unpaired) electrons. The third-order valence-electron chi connectivity index (χ3n) is 11.1. The van der Waals surface area contributed by atoms with Gasteiger partial charge in [-0.05, 0) is 111 Å². The van der Waals surface area contributed by atoms with Gasteiger partial charge in [0, 0.05) is 0 Å². The van der Waals surface area contributed by atoms with Crippen molar-refractivity contribution in [2.24, 2.45) is 0 Å². The molecule has 0 N–H and O–H groups in total. The van der Waals surface area contributed by atoms with Crippen molar-refractivity contribution in [2.75, 3.05) is 0 Å². The predicted molar refractivity (Wildman–Crippen MR) is 198 cm³/mol. The molecule has 0 fully saturated rings. The molecule has 216 valence electrons. The van der Waals surface area contributed by atoms with Crippen molar-refractivity contribution in [1.82, 2.24) is 0 Å². The van der Waals surface area contributed by atoms with E-state index < -0.39 is 0 Å². The minimum absolute atomic E-state index is 0.377. The van der Waals surface area contributed by atoms with Gasteiger partial charge in [-0.15, -0.1) is 0 Å². The van der Waals surface area contributed by atoms with Gasteiger partial charge in [-0.1, -0.05) is 158 Å². The molecule has 0 bridgehead atoms. The van der Waals surface area contributed by atoms with E-state index in [0.29, 0.717) is 0 Å². The first-order valence-corrected chi connectivity index (χ1v) is 16.5. The summed E-state index contributed by atoms with van der Waals surface area (Å²) in [5, 5.41) is 10.4. The lowest BCUT2D eigenvalue weighted by atomic mass is 9.70. The summed E-state index contributed by atoms with van der Waals surface area (Å²) >= 11 is 0. The summed E-state index contributed by atoms with van der Waals surface area (Å²) in [7, 11) is 0. The quantitative estimate of drug-likeness (QED) is 0.166. The van der Waals surface area contributed by atoms with Crippen LogP contribution in [0.3, 0.4) is 0 Å². The lowest BCUT2D eigenvalue weighted by Gasteiger charge is -2.31. The van der Waals surface area contributed by atoms with Gasteiger partial charge in [-0.25, -0.2) is 0 Å². The first kappa shape index (κ1) is 25.2. The minimum Gasteiger partial charge on any atom is -0.0619 e. The van der Waals surface area contributed by atoms with Gasteiger partial charge in [0.25, 0.3) is 0 Å². The molecule has 9 aromatic carbocycles. The molecule has 2 aliphatic carbocycles. The SMILES string of the molecule is c1ccc2c(c1)-c1ccccc1C21c2ccccc2-c2c1cc(-c1ccc3c4ccccc4c4ccccc4c3c1)c1ccccc21. The van der Waals surface area contributed by atoms with Gasteiger partial charge in [0.05, 0.1) is 5.41 Å². The maximum absolute atomic E-state index is 2.54. The maximum atomic E-state index is 2.54. The number of fused-ring (bicyclic) bond motifs is 18. The average Bonchev–Trinajstić information content (AvgIpc) is 3.62. The molecular formula is C47H28. The standard InChI is InChI=1S/C47H28/c1-2-15-32-30(13-1)31-14-3-4-16-33(31)41-27-29(25-26-35(32)41)40-28-45-46(38-20-6-5-17-34(38)40)39-21-9-12-24-44(39)47(45)42-22-10-7-18-36(42)37-19-8-11-23-43(37)47/h1-28H. The fourth-order valence-corrected chi connectivity index (χ4v) is 9.26. The van der Waals surface area contributed by atoms with Gasteiger partial charge in [0.15, 0.2) is 0 Å². The zero-order valence-electron chi connectivity index (χ0n) is 25.7. The predicted octanol–water partition coefficient (Wildman–Crippen LogP) is 12.3. The number of benzene rings is 9. The van der Waals surface area contributed by atoms with E-state index in [-0.39, 0.29) is 5.41 Å². The lowest BCUT2D eigenvalue weighted by molar-refractivity contribution is 0.794. The van der Waals surface area contributed by atoms with Gasteiger partial charge in [-0.3, -0.25) is 0 Å². The van der Waals surface area contributed by atoms with E-state index in [4.69, 9.17) is 0 Å². The number of hydrogen-bond acceptors (Lipinski definition) is 0. The van der Waals surface area contributed by atoms with E-state index in [1.165, 1.54) is 98.7 Å². The Morgan fingerprint density at radius 1 is 0.255 bits per heavy atom. The van der Waals surface area contributed by atoms with Crippen LogP contribution in [0.4, 0.5) is 0 Å². The Bertz CT molecular complexity index is 2720. The van der Waals surface area contributed by atoms with Gasteiger partial charge in [0.2, 0.25) is 0 Å². The fourth-order valence-electron chi connectivity index (χ4n) is 9.26. The third kappa shape index (κ3) is 3.08. The van der Waals surface area contributed by atoms with Crippen LogP contribution in [-0.2, 0) is 5.41 Å². The summed E-state index contributed by atoms with van der Waals surface area (Å²) in [5.74, 6) is 0. The van der Waals surface area contributed by atoms with Crippen LogP contribution in [0.1, 0.15) is 22.3 Å². The molecule has 47 heavy (non-hydrogen) atoms. The molecule has 0 unspecified atom stereocenters. The fraction of sp³-hybridized carbons (Fsp3) is 0.0213. The van der Waals surface area contributed by atoms with Crippen molar-refractivity contribution in [3.05, 3.63) is 192 Å². The second-order valence-electron chi connectivity index (χ2n) is 13.1. The van der Waals surface area contributed by atoms with Crippen molar-refractivity contribution in [3.8, 4) is 33.4 Å². The van der Waals surface area contributed by atoms with Crippen LogP contribution >= 0.6 is 0 Å². The van der Waals surface area contributed by atoms with Crippen LogP contribution < -0.4 is 0 Å². The van der Waals surface area contributed by atoms with E-state index in [0.717, 1.165) is 0 Å². The normalized spacial score (nSPS) is 13.7. The Hall–Kier alpha value is -5.98. The highest BCUT2D eigenvalue weighted by molar-refractivity contribution is 6.26. The Morgan fingerprint density at radius 3 is 1.28 bits per heavy atom. The van der Waals surface area contributed by atoms with Crippen LogP contribution in [0.2, 0.25) is 0 Å². The first-order valence-electron chi connectivity index (χ1n) is 16.5. The monoisotopic (exact) mass is 592 g/mol. The largest absolute Gasteiger partial charge is 0.0725 e.